The number of aliphatic hydroxyl groups is 1. The first-order chi connectivity index (χ1) is 10.8. The molecule has 0 fully saturated rings. The fraction of sp³-hybridized carbons (Fsp3) is 0.700. The van der Waals surface area contributed by atoms with Crippen molar-refractivity contribution in [2.45, 2.75) is 78.4 Å². The van der Waals surface area contributed by atoms with E-state index in [4.69, 9.17) is 10.5 Å². The Morgan fingerprint density at radius 3 is 2.39 bits per heavy atom. The molecule has 0 aliphatic rings. The molecule has 1 aromatic rings. The summed E-state index contributed by atoms with van der Waals surface area (Å²) in [4.78, 5) is 0. The Labute approximate surface area is 142 Å². The van der Waals surface area contributed by atoms with Gasteiger partial charge < -0.3 is 15.6 Å². The average molecular weight is 322 g/mol. The Bertz CT molecular complexity index is 457. The summed E-state index contributed by atoms with van der Waals surface area (Å²) >= 11 is 0. The molecule has 0 heterocycles. The number of aryl methyl sites for hydroxylation is 1. The second-order valence-corrected chi connectivity index (χ2v) is 7.29. The van der Waals surface area contributed by atoms with Crippen LogP contribution in [0.25, 0.3) is 0 Å². The minimum atomic E-state index is -0.422. The molecule has 3 nitrogen and oxygen atoms in total. The molecular weight excluding hydrogens is 286 g/mol. The molecule has 0 saturated carbocycles. The van der Waals surface area contributed by atoms with E-state index in [1.54, 1.807) is 0 Å². The number of ether oxygens (including phenoxy) is 1. The number of aliphatic hydroxyl groups excluding tert-OH is 1. The highest BCUT2D eigenvalue weighted by molar-refractivity contribution is 5.39. The highest BCUT2D eigenvalue weighted by Crippen LogP contribution is 2.28. The van der Waals surface area contributed by atoms with Crippen LogP contribution in [-0.4, -0.2) is 23.9 Å². The molecule has 0 saturated heterocycles. The molecule has 132 valence electrons. The highest BCUT2D eigenvalue weighted by Gasteiger charge is 2.15. The van der Waals surface area contributed by atoms with Crippen LogP contribution in [0.1, 0.15) is 70.9 Å². The zero-order chi connectivity index (χ0) is 17.4. The predicted octanol–water partition coefficient (Wildman–Crippen LogP) is 4.27. The lowest BCUT2D eigenvalue weighted by Crippen LogP contribution is -2.34. The van der Waals surface area contributed by atoms with Gasteiger partial charge in [0.25, 0.3) is 0 Å². The summed E-state index contributed by atoms with van der Waals surface area (Å²) < 4.78 is 5.94. The monoisotopic (exact) mass is 321 g/mol. The first-order valence-electron chi connectivity index (χ1n) is 9.04. The Kier molecular flexibility index (Phi) is 8.64. The third kappa shape index (κ3) is 6.92. The largest absolute Gasteiger partial charge is 0.493 e. The number of rotatable bonds is 10. The molecule has 1 aromatic carbocycles. The molecule has 2 atom stereocenters. The van der Waals surface area contributed by atoms with E-state index in [1.165, 1.54) is 11.1 Å². The second-order valence-electron chi connectivity index (χ2n) is 7.29. The van der Waals surface area contributed by atoms with Gasteiger partial charge in [0.05, 0.1) is 12.7 Å². The fourth-order valence-electron chi connectivity index (χ4n) is 2.65. The van der Waals surface area contributed by atoms with Crippen LogP contribution in [0.3, 0.4) is 0 Å². The molecule has 1 rings (SSSR count). The molecule has 0 aliphatic carbocycles. The van der Waals surface area contributed by atoms with Gasteiger partial charge in [0.2, 0.25) is 0 Å². The molecule has 0 radical (unpaired) electrons. The maximum atomic E-state index is 10.1. The molecule has 0 aliphatic heterocycles. The smallest absolute Gasteiger partial charge is 0.122 e. The van der Waals surface area contributed by atoms with E-state index in [9.17, 15) is 5.11 Å². The minimum absolute atomic E-state index is 0.113. The van der Waals surface area contributed by atoms with E-state index in [2.05, 4.69) is 52.8 Å². The van der Waals surface area contributed by atoms with Gasteiger partial charge in [0.15, 0.2) is 0 Å². The van der Waals surface area contributed by atoms with Gasteiger partial charge >= 0.3 is 0 Å². The Morgan fingerprint density at radius 2 is 1.83 bits per heavy atom. The summed E-state index contributed by atoms with van der Waals surface area (Å²) in [6.45, 7) is 11.5. The number of benzene rings is 1. The van der Waals surface area contributed by atoms with Gasteiger partial charge in [-0.2, -0.15) is 0 Å². The van der Waals surface area contributed by atoms with Crippen molar-refractivity contribution in [2.24, 2.45) is 11.7 Å². The highest BCUT2D eigenvalue weighted by atomic mass is 16.5. The number of hydrogen-bond donors (Lipinski definition) is 2. The van der Waals surface area contributed by atoms with Crippen LogP contribution in [0.2, 0.25) is 0 Å². The summed E-state index contributed by atoms with van der Waals surface area (Å²) in [5, 5.41) is 10.1. The van der Waals surface area contributed by atoms with Crippen molar-refractivity contribution in [2.75, 3.05) is 6.61 Å². The zero-order valence-electron chi connectivity index (χ0n) is 15.5. The maximum absolute atomic E-state index is 10.1. The minimum Gasteiger partial charge on any atom is -0.493 e. The molecule has 0 bridgehead atoms. The summed E-state index contributed by atoms with van der Waals surface area (Å²) in [5.41, 5.74) is 8.48. The van der Waals surface area contributed by atoms with Crippen LogP contribution in [0, 0.1) is 5.92 Å². The first-order valence-corrected chi connectivity index (χ1v) is 9.04. The van der Waals surface area contributed by atoms with Crippen LogP contribution in [-0.2, 0) is 6.42 Å². The lowest BCUT2D eigenvalue weighted by molar-refractivity contribution is 0.131. The second kappa shape index (κ2) is 9.94. The Morgan fingerprint density at radius 1 is 1.13 bits per heavy atom. The van der Waals surface area contributed by atoms with Gasteiger partial charge in [-0.1, -0.05) is 53.2 Å². The van der Waals surface area contributed by atoms with E-state index < -0.39 is 6.10 Å². The first kappa shape index (κ1) is 20.0. The standard InChI is InChI=1S/C20H35NO2/c1-6-7-18(21)19(22)10-8-16-9-11-20(23-13-14(2)3)17(12-16)15(4)5/h9,11-12,14-15,18-19,22H,6-8,10,13,21H2,1-5H3. The number of hydrogen-bond acceptors (Lipinski definition) is 3. The normalized spacial score (nSPS) is 14.3. The summed E-state index contributed by atoms with van der Waals surface area (Å²) in [5.74, 6) is 1.93. The van der Waals surface area contributed by atoms with Crippen LogP contribution in [0.5, 0.6) is 5.75 Å². The fourth-order valence-corrected chi connectivity index (χ4v) is 2.65. The van der Waals surface area contributed by atoms with Gasteiger partial charge in [0.1, 0.15) is 5.75 Å². The summed E-state index contributed by atoms with van der Waals surface area (Å²) in [6.07, 6.45) is 3.03. The average Bonchev–Trinajstić information content (AvgIpc) is 2.50. The summed E-state index contributed by atoms with van der Waals surface area (Å²) in [7, 11) is 0. The van der Waals surface area contributed by atoms with Crippen molar-refractivity contribution in [3.8, 4) is 5.75 Å². The van der Waals surface area contributed by atoms with Crippen molar-refractivity contribution >= 4 is 0 Å². The van der Waals surface area contributed by atoms with Crippen molar-refractivity contribution in [3.05, 3.63) is 29.3 Å². The van der Waals surface area contributed by atoms with Crippen molar-refractivity contribution in [1.29, 1.82) is 0 Å². The maximum Gasteiger partial charge on any atom is 0.122 e. The molecule has 0 spiro atoms. The summed E-state index contributed by atoms with van der Waals surface area (Å²) in [6, 6.07) is 6.29. The van der Waals surface area contributed by atoms with E-state index in [1.807, 2.05) is 0 Å². The van der Waals surface area contributed by atoms with Gasteiger partial charge in [-0.3, -0.25) is 0 Å². The molecule has 3 heteroatoms. The molecule has 2 unspecified atom stereocenters. The van der Waals surface area contributed by atoms with E-state index in [-0.39, 0.29) is 6.04 Å². The molecule has 0 amide bonds. The predicted molar refractivity (Wildman–Crippen MR) is 98.1 cm³/mol. The van der Waals surface area contributed by atoms with Crippen molar-refractivity contribution in [1.82, 2.24) is 0 Å². The van der Waals surface area contributed by atoms with E-state index >= 15 is 0 Å². The topological polar surface area (TPSA) is 55.5 Å². The van der Waals surface area contributed by atoms with Crippen LogP contribution in [0.15, 0.2) is 18.2 Å². The van der Waals surface area contributed by atoms with Gasteiger partial charge in [-0.25, -0.2) is 0 Å². The van der Waals surface area contributed by atoms with E-state index in [0.29, 0.717) is 18.3 Å². The van der Waals surface area contributed by atoms with Crippen LogP contribution >= 0.6 is 0 Å². The third-order valence-corrected chi connectivity index (χ3v) is 4.11. The number of nitrogens with two attached hydrogens (primary N) is 1. The molecule has 3 N–H and O–H groups in total. The lowest BCUT2D eigenvalue weighted by Gasteiger charge is -2.19. The zero-order valence-corrected chi connectivity index (χ0v) is 15.5. The molecule has 0 aromatic heterocycles. The Balaban J connectivity index is 2.71. The van der Waals surface area contributed by atoms with Gasteiger partial charge in [-0.15, -0.1) is 0 Å². The molecule has 23 heavy (non-hydrogen) atoms. The van der Waals surface area contributed by atoms with Gasteiger partial charge in [0, 0.05) is 6.04 Å². The quantitative estimate of drug-likeness (QED) is 0.677. The lowest BCUT2D eigenvalue weighted by atomic mass is 9.95. The van der Waals surface area contributed by atoms with Crippen molar-refractivity contribution in [3.63, 3.8) is 0 Å². The Hall–Kier alpha value is -1.06. The van der Waals surface area contributed by atoms with Crippen LogP contribution in [0.4, 0.5) is 0 Å². The SMILES string of the molecule is CCCC(N)C(O)CCc1ccc(OCC(C)C)c(C(C)C)c1. The third-order valence-electron chi connectivity index (χ3n) is 4.11. The van der Waals surface area contributed by atoms with Gasteiger partial charge in [-0.05, 0) is 48.3 Å². The van der Waals surface area contributed by atoms with Crippen LogP contribution < -0.4 is 10.5 Å². The van der Waals surface area contributed by atoms with Crippen molar-refractivity contribution < 1.29 is 9.84 Å². The molecular formula is C20H35NO2. The van der Waals surface area contributed by atoms with E-state index in [0.717, 1.165) is 31.6 Å².